The zero-order chi connectivity index (χ0) is 16.6. The Balaban J connectivity index is 1.78. The molecule has 0 spiro atoms. The summed E-state index contributed by atoms with van der Waals surface area (Å²) < 4.78 is 20.4. The molecule has 2 aromatic rings. The number of hydrogen-bond donors (Lipinski definition) is 0. The van der Waals surface area contributed by atoms with Crippen LogP contribution in [0.4, 0.5) is 9.18 Å². The molecule has 0 aromatic carbocycles. The minimum absolute atomic E-state index is 0.310. The van der Waals surface area contributed by atoms with Gasteiger partial charge in [0.25, 0.3) is 0 Å². The summed E-state index contributed by atoms with van der Waals surface area (Å²) in [5.74, 6) is 0.602. The Hall–Kier alpha value is -2.51. The lowest BCUT2D eigenvalue weighted by molar-refractivity contribution is 0.0190. The average molecular weight is 319 g/mol. The number of hydrogen-bond acceptors (Lipinski definition) is 5. The molecular weight excluding hydrogens is 301 g/mol. The highest BCUT2D eigenvalue weighted by molar-refractivity contribution is 5.68. The maximum Gasteiger partial charge on any atom is 0.410 e. The van der Waals surface area contributed by atoms with E-state index in [1.807, 2.05) is 20.8 Å². The average Bonchev–Trinajstić information content (AvgIpc) is 2.88. The molecule has 0 atom stereocenters. The van der Waals surface area contributed by atoms with Crippen LogP contribution in [0.3, 0.4) is 0 Å². The Morgan fingerprint density at radius 2 is 2.09 bits per heavy atom. The molecule has 3 rings (SSSR count). The Kier molecular flexibility index (Phi) is 3.75. The van der Waals surface area contributed by atoms with Gasteiger partial charge in [-0.2, -0.15) is 5.10 Å². The lowest BCUT2D eigenvalue weighted by Gasteiger charge is -2.29. The van der Waals surface area contributed by atoms with Gasteiger partial charge < -0.3 is 4.74 Å². The molecular formula is C15H18FN5O2. The second-order valence-corrected chi connectivity index (χ2v) is 6.37. The topological polar surface area (TPSA) is 73.1 Å². The lowest BCUT2D eigenvalue weighted by Crippen LogP contribution is -2.41. The molecule has 0 fully saturated rings. The predicted octanol–water partition coefficient (Wildman–Crippen LogP) is 2.23. The zero-order valence-corrected chi connectivity index (χ0v) is 13.3. The van der Waals surface area contributed by atoms with Gasteiger partial charge in [0.2, 0.25) is 0 Å². The Morgan fingerprint density at radius 3 is 2.78 bits per heavy atom. The first-order valence-electron chi connectivity index (χ1n) is 7.34. The molecule has 0 aliphatic carbocycles. The first-order valence-corrected chi connectivity index (χ1v) is 7.34. The first kappa shape index (κ1) is 15.4. The standard InChI is InChI=1S/C15H18FN5O2/c1-15(2,3)23-14(22)20-4-5-21-12(9-20)18-13(19-21)10-6-11(16)8-17-7-10/h6-8H,4-5,9H2,1-3H3. The quantitative estimate of drug-likeness (QED) is 0.806. The van der Waals surface area contributed by atoms with Gasteiger partial charge in [-0.25, -0.2) is 18.9 Å². The van der Waals surface area contributed by atoms with E-state index in [-0.39, 0.29) is 6.09 Å². The molecule has 0 saturated heterocycles. The largest absolute Gasteiger partial charge is 0.444 e. The second-order valence-electron chi connectivity index (χ2n) is 6.37. The number of nitrogens with zero attached hydrogens (tertiary/aromatic N) is 5. The van der Waals surface area contributed by atoms with E-state index in [1.54, 1.807) is 9.58 Å². The number of ether oxygens (including phenoxy) is 1. The van der Waals surface area contributed by atoms with Crippen molar-refractivity contribution in [3.8, 4) is 11.4 Å². The number of carbonyl (C=O) groups is 1. The highest BCUT2D eigenvalue weighted by atomic mass is 19.1. The van der Waals surface area contributed by atoms with Gasteiger partial charge in [-0.1, -0.05) is 0 Å². The van der Waals surface area contributed by atoms with Crippen LogP contribution >= 0.6 is 0 Å². The summed E-state index contributed by atoms with van der Waals surface area (Å²) >= 11 is 0. The third-order valence-electron chi connectivity index (χ3n) is 3.28. The predicted molar refractivity (Wildman–Crippen MR) is 79.9 cm³/mol. The minimum atomic E-state index is -0.541. The van der Waals surface area contributed by atoms with Crippen molar-refractivity contribution in [3.05, 3.63) is 30.1 Å². The summed E-state index contributed by atoms with van der Waals surface area (Å²) in [4.78, 5) is 21.9. The molecule has 0 saturated carbocycles. The van der Waals surface area contributed by atoms with E-state index in [9.17, 15) is 9.18 Å². The number of fused-ring (bicyclic) bond motifs is 1. The molecule has 122 valence electrons. The number of aromatic nitrogens is 4. The van der Waals surface area contributed by atoms with Crippen LogP contribution < -0.4 is 0 Å². The maximum atomic E-state index is 13.3. The van der Waals surface area contributed by atoms with Crippen LogP contribution in [0.25, 0.3) is 11.4 Å². The van der Waals surface area contributed by atoms with Crippen LogP contribution in [0, 0.1) is 5.82 Å². The molecule has 8 heteroatoms. The van der Waals surface area contributed by atoms with Crippen molar-refractivity contribution in [1.29, 1.82) is 0 Å². The van der Waals surface area contributed by atoms with Gasteiger partial charge in [0.15, 0.2) is 5.82 Å². The van der Waals surface area contributed by atoms with Crippen LogP contribution in [0.5, 0.6) is 0 Å². The van der Waals surface area contributed by atoms with Crippen molar-refractivity contribution in [2.24, 2.45) is 0 Å². The monoisotopic (exact) mass is 319 g/mol. The molecule has 3 heterocycles. The van der Waals surface area contributed by atoms with Crippen LogP contribution in [-0.4, -0.2) is 42.9 Å². The van der Waals surface area contributed by atoms with Gasteiger partial charge in [-0.15, -0.1) is 0 Å². The van der Waals surface area contributed by atoms with Crippen LogP contribution in [0.2, 0.25) is 0 Å². The summed E-state index contributed by atoms with van der Waals surface area (Å²) in [5, 5.41) is 4.35. The fourth-order valence-electron chi connectivity index (χ4n) is 2.27. The molecule has 0 bridgehead atoms. The summed E-state index contributed by atoms with van der Waals surface area (Å²) in [6, 6.07) is 1.33. The summed E-state index contributed by atoms with van der Waals surface area (Å²) in [5.41, 5.74) is -0.0311. The Bertz CT molecular complexity index is 738. The fourth-order valence-corrected chi connectivity index (χ4v) is 2.27. The molecule has 2 aromatic heterocycles. The van der Waals surface area contributed by atoms with E-state index < -0.39 is 11.4 Å². The molecule has 0 N–H and O–H groups in total. The van der Waals surface area contributed by atoms with Gasteiger partial charge in [0, 0.05) is 18.3 Å². The molecule has 0 radical (unpaired) electrons. The van der Waals surface area contributed by atoms with E-state index in [1.165, 1.54) is 12.3 Å². The van der Waals surface area contributed by atoms with Crippen LogP contribution in [0.1, 0.15) is 26.6 Å². The zero-order valence-electron chi connectivity index (χ0n) is 13.3. The van der Waals surface area contributed by atoms with Gasteiger partial charge >= 0.3 is 6.09 Å². The Labute approximate surface area is 133 Å². The summed E-state index contributed by atoms with van der Waals surface area (Å²) in [7, 11) is 0. The maximum absolute atomic E-state index is 13.3. The van der Waals surface area contributed by atoms with Crippen molar-refractivity contribution in [1.82, 2.24) is 24.6 Å². The van der Waals surface area contributed by atoms with Crippen molar-refractivity contribution in [2.45, 2.75) is 39.5 Å². The SMILES string of the molecule is CC(C)(C)OC(=O)N1CCn2nc(-c3cncc(F)c3)nc2C1. The Morgan fingerprint density at radius 1 is 1.30 bits per heavy atom. The second kappa shape index (κ2) is 5.60. The van der Waals surface area contributed by atoms with Crippen molar-refractivity contribution < 1.29 is 13.9 Å². The van der Waals surface area contributed by atoms with Gasteiger partial charge in [0.05, 0.1) is 19.3 Å². The van der Waals surface area contributed by atoms with Gasteiger partial charge in [0.1, 0.15) is 17.2 Å². The molecule has 1 aliphatic rings. The van der Waals surface area contributed by atoms with E-state index in [2.05, 4.69) is 15.1 Å². The summed E-state index contributed by atoms with van der Waals surface area (Å²) in [6.07, 6.45) is 2.26. The van der Waals surface area contributed by atoms with Gasteiger partial charge in [-0.05, 0) is 26.8 Å². The van der Waals surface area contributed by atoms with Gasteiger partial charge in [-0.3, -0.25) is 9.88 Å². The normalized spacial score (nSPS) is 14.5. The van der Waals surface area contributed by atoms with E-state index in [0.717, 1.165) is 6.20 Å². The summed E-state index contributed by atoms with van der Waals surface area (Å²) in [6.45, 7) is 6.80. The lowest BCUT2D eigenvalue weighted by atomic mass is 10.2. The fraction of sp³-hybridized carbons (Fsp3) is 0.467. The van der Waals surface area contributed by atoms with E-state index in [0.29, 0.717) is 36.8 Å². The first-order chi connectivity index (χ1) is 10.8. The highest BCUT2D eigenvalue weighted by Crippen LogP contribution is 2.20. The molecule has 1 amide bonds. The molecule has 7 nitrogen and oxygen atoms in total. The number of amides is 1. The molecule has 0 unspecified atom stereocenters. The highest BCUT2D eigenvalue weighted by Gasteiger charge is 2.27. The minimum Gasteiger partial charge on any atom is -0.444 e. The molecule has 1 aliphatic heterocycles. The van der Waals surface area contributed by atoms with Crippen molar-refractivity contribution in [3.63, 3.8) is 0 Å². The third kappa shape index (κ3) is 3.46. The number of halogens is 1. The smallest absolute Gasteiger partial charge is 0.410 e. The molecule has 23 heavy (non-hydrogen) atoms. The number of carbonyl (C=O) groups excluding carboxylic acids is 1. The van der Waals surface area contributed by atoms with Crippen molar-refractivity contribution in [2.75, 3.05) is 6.54 Å². The van der Waals surface area contributed by atoms with Crippen LogP contribution in [0.15, 0.2) is 18.5 Å². The van der Waals surface area contributed by atoms with Crippen LogP contribution in [-0.2, 0) is 17.8 Å². The van der Waals surface area contributed by atoms with Crippen molar-refractivity contribution >= 4 is 6.09 Å². The number of rotatable bonds is 1. The third-order valence-corrected chi connectivity index (χ3v) is 3.28. The number of pyridine rings is 1. The van der Waals surface area contributed by atoms with E-state index in [4.69, 9.17) is 4.74 Å². The van der Waals surface area contributed by atoms with E-state index >= 15 is 0 Å².